The highest BCUT2D eigenvalue weighted by Gasteiger charge is 2.34. The third-order valence-corrected chi connectivity index (χ3v) is 9.87. The van der Waals surface area contributed by atoms with Gasteiger partial charge in [0.25, 0.3) is 0 Å². The molecule has 2 aliphatic rings. The molecule has 49 heavy (non-hydrogen) atoms. The summed E-state index contributed by atoms with van der Waals surface area (Å²) in [6.45, 7) is 6.99. The molecule has 0 heterocycles. The van der Waals surface area contributed by atoms with Crippen molar-refractivity contribution in [1.29, 1.82) is 0 Å². The Balaban J connectivity index is 1.99. The van der Waals surface area contributed by atoms with Gasteiger partial charge in [-0.15, -0.1) is 0 Å². The van der Waals surface area contributed by atoms with Crippen LogP contribution in [0, 0.1) is 23.7 Å². The number of carbonyl (C=O) groups is 1. The number of phenolic OH excluding ortho intramolecular Hbond substituents is 2. The molecule has 8 nitrogen and oxygen atoms in total. The number of carbonyl (C=O) groups excluding carboxylic acids is 1. The van der Waals surface area contributed by atoms with Crippen molar-refractivity contribution in [3.05, 3.63) is 64.7 Å². The van der Waals surface area contributed by atoms with E-state index in [-0.39, 0.29) is 47.2 Å². The van der Waals surface area contributed by atoms with Gasteiger partial charge in [0.15, 0.2) is 23.2 Å². The minimum Gasteiger partial charge on any atom is -0.508 e. The van der Waals surface area contributed by atoms with Gasteiger partial charge in [-0.05, 0) is 111 Å². The van der Waals surface area contributed by atoms with Crippen molar-refractivity contribution < 1.29 is 24.5 Å². The standard InChI is InChI=1S/C41H57N3O5/c1-5-6-7-12-31(45)19-17-29-25-38(49-33-14-8-9-15-33)40(47)39-35(29)22-21-34(28-11-10-13-32(46)24-28)37(44-41(42)43)23-18-30(26-48-4)36(39)20-16-27(2)3/h7,10-13,24-25,27,30,33-34,36-37,46-47H,5-6,8-9,14-20,23,26H2,1-4H3,(H4,42,43,44)/t30?,34-,36+,37+/m0/s1. The van der Waals surface area contributed by atoms with Crippen LogP contribution < -0.4 is 16.2 Å². The van der Waals surface area contributed by atoms with E-state index in [2.05, 4.69) is 37.6 Å². The van der Waals surface area contributed by atoms with Gasteiger partial charge >= 0.3 is 0 Å². The monoisotopic (exact) mass is 671 g/mol. The molecule has 0 aromatic heterocycles. The molecule has 0 saturated heterocycles. The Hall–Kier alpha value is -3.96. The smallest absolute Gasteiger partial charge is 0.186 e. The van der Waals surface area contributed by atoms with Gasteiger partial charge in [0.1, 0.15) is 5.75 Å². The number of methoxy groups -OCH3 is 1. The lowest BCUT2D eigenvalue weighted by Crippen LogP contribution is -2.29. The van der Waals surface area contributed by atoms with Crippen LogP contribution >= 0.6 is 0 Å². The van der Waals surface area contributed by atoms with Crippen LogP contribution in [-0.2, 0) is 16.0 Å². The molecule has 2 aromatic carbocycles. The van der Waals surface area contributed by atoms with E-state index in [1.807, 2.05) is 18.2 Å². The summed E-state index contributed by atoms with van der Waals surface area (Å²) < 4.78 is 12.4. The van der Waals surface area contributed by atoms with Gasteiger partial charge in [0.2, 0.25) is 0 Å². The quantitative estimate of drug-likeness (QED) is 0.0661. The van der Waals surface area contributed by atoms with Crippen LogP contribution in [0.25, 0.3) is 0 Å². The number of nitrogens with two attached hydrogens (primary N) is 2. The number of hydrogen-bond donors (Lipinski definition) is 4. The van der Waals surface area contributed by atoms with E-state index in [0.29, 0.717) is 37.5 Å². The van der Waals surface area contributed by atoms with Gasteiger partial charge in [-0.1, -0.05) is 63.7 Å². The van der Waals surface area contributed by atoms with E-state index in [9.17, 15) is 15.0 Å². The maximum absolute atomic E-state index is 13.0. The molecule has 6 N–H and O–H groups in total. The third kappa shape index (κ3) is 10.8. The fourth-order valence-electron chi connectivity index (χ4n) is 7.32. The number of ether oxygens (including phenoxy) is 2. The van der Waals surface area contributed by atoms with Crippen LogP contribution in [0.5, 0.6) is 17.2 Å². The fraction of sp³-hybridized carbons (Fsp3) is 0.561. The second kappa shape index (κ2) is 18.7. The van der Waals surface area contributed by atoms with Crippen molar-refractivity contribution in [3.8, 4) is 29.1 Å². The van der Waals surface area contributed by atoms with Crippen molar-refractivity contribution >= 4 is 11.7 Å². The Morgan fingerprint density at radius 3 is 2.57 bits per heavy atom. The summed E-state index contributed by atoms with van der Waals surface area (Å²) in [6.07, 6.45) is 13.5. The summed E-state index contributed by atoms with van der Waals surface area (Å²) in [5.41, 5.74) is 15.2. The normalized spacial score (nSPS) is 21.2. The Morgan fingerprint density at radius 1 is 1.12 bits per heavy atom. The van der Waals surface area contributed by atoms with Crippen molar-refractivity contribution in [2.24, 2.45) is 28.3 Å². The maximum atomic E-state index is 13.0. The number of phenols is 2. The van der Waals surface area contributed by atoms with Crippen LogP contribution in [0.15, 0.2) is 47.5 Å². The molecule has 8 heteroatoms. The first-order valence-corrected chi connectivity index (χ1v) is 18.2. The molecule has 0 aliphatic heterocycles. The minimum atomic E-state index is -0.444. The number of aromatic hydroxyl groups is 2. The van der Waals surface area contributed by atoms with Crippen molar-refractivity contribution in [1.82, 2.24) is 0 Å². The van der Waals surface area contributed by atoms with Gasteiger partial charge in [-0.25, -0.2) is 4.99 Å². The van der Waals surface area contributed by atoms with Crippen molar-refractivity contribution in [2.45, 2.75) is 122 Å². The van der Waals surface area contributed by atoms with E-state index in [0.717, 1.165) is 80.0 Å². The van der Waals surface area contributed by atoms with Gasteiger partial charge in [-0.2, -0.15) is 0 Å². The highest BCUT2D eigenvalue weighted by molar-refractivity contribution is 5.89. The predicted molar refractivity (Wildman–Crippen MR) is 197 cm³/mol. The van der Waals surface area contributed by atoms with Crippen LogP contribution in [0.3, 0.4) is 0 Å². The van der Waals surface area contributed by atoms with Crippen LogP contribution in [-0.4, -0.2) is 47.8 Å². The van der Waals surface area contributed by atoms with Gasteiger partial charge < -0.3 is 31.2 Å². The summed E-state index contributed by atoms with van der Waals surface area (Å²) in [4.78, 5) is 17.7. The number of allylic oxidation sites excluding steroid dienone is 2. The number of aliphatic imine (C=N–C) groups is 1. The highest BCUT2D eigenvalue weighted by Crippen LogP contribution is 2.47. The molecule has 1 saturated carbocycles. The van der Waals surface area contributed by atoms with E-state index in [4.69, 9.17) is 20.9 Å². The SMILES string of the molecule is CCCC=CC(=O)CCc1cc(OC2CCCC2)c(O)c2c1C#C[C@@H](c1cccc(O)c1)[C@H](N=C(N)N)CCC(COC)[C@H]2CCC(C)C. The lowest BCUT2D eigenvalue weighted by Gasteiger charge is -2.33. The van der Waals surface area contributed by atoms with Crippen molar-refractivity contribution in [3.63, 3.8) is 0 Å². The first-order chi connectivity index (χ1) is 23.6. The highest BCUT2D eigenvalue weighted by atomic mass is 16.5. The second-order valence-corrected chi connectivity index (χ2v) is 14.2. The van der Waals surface area contributed by atoms with Gasteiger partial charge in [0.05, 0.1) is 18.1 Å². The third-order valence-electron chi connectivity index (χ3n) is 9.87. The summed E-state index contributed by atoms with van der Waals surface area (Å²) in [5, 5.41) is 22.7. The van der Waals surface area contributed by atoms with Crippen molar-refractivity contribution in [2.75, 3.05) is 13.7 Å². The lowest BCUT2D eigenvalue weighted by molar-refractivity contribution is -0.114. The van der Waals surface area contributed by atoms with E-state index in [1.54, 1.807) is 31.4 Å². The predicted octanol–water partition coefficient (Wildman–Crippen LogP) is 7.63. The Kier molecular flexibility index (Phi) is 14.5. The summed E-state index contributed by atoms with van der Waals surface area (Å²) in [5.74, 6) is 7.74. The Morgan fingerprint density at radius 2 is 1.90 bits per heavy atom. The molecular weight excluding hydrogens is 614 g/mol. The molecular formula is C41H57N3O5. The van der Waals surface area contributed by atoms with E-state index in [1.165, 1.54) is 0 Å². The number of hydrogen-bond acceptors (Lipinski definition) is 6. The lowest BCUT2D eigenvalue weighted by atomic mass is 9.74. The van der Waals surface area contributed by atoms with Gasteiger partial charge in [0, 0.05) is 31.3 Å². The molecule has 266 valence electrons. The molecule has 4 atom stereocenters. The number of fused-ring (bicyclic) bond motifs is 1. The topological polar surface area (TPSA) is 140 Å². The zero-order chi connectivity index (χ0) is 35.3. The molecule has 1 unspecified atom stereocenters. The average Bonchev–Trinajstić information content (AvgIpc) is 3.57. The first-order valence-electron chi connectivity index (χ1n) is 18.2. The molecule has 1 fully saturated rings. The minimum absolute atomic E-state index is 0.0167. The molecule has 4 rings (SSSR count). The summed E-state index contributed by atoms with van der Waals surface area (Å²) >= 11 is 0. The first kappa shape index (κ1) is 37.9. The molecule has 0 amide bonds. The van der Waals surface area contributed by atoms with Gasteiger partial charge in [-0.3, -0.25) is 4.79 Å². The maximum Gasteiger partial charge on any atom is 0.186 e. The number of unbranched alkanes of at least 4 members (excludes halogenated alkanes) is 1. The summed E-state index contributed by atoms with van der Waals surface area (Å²) in [6, 6.07) is 8.59. The number of nitrogens with zero attached hydrogens (tertiary/aromatic N) is 1. The molecule has 0 spiro atoms. The van der Waals surface area contributed by atoms with E-state index < -0.39 is 5.92 Å². The fourth-order valence-corrected chi connectivity index (χ4v) is 7.32. The Labute approximate surface area is 293 Å². The number of guanidine groups is 1. The summed E-state index contributed by atoms with van der Waals surface area (Å²) in [7, 11) is 1.71. The van der Waals surface area contributed by atoms with Crippen LogP contribution in [0.1, 0.15) is 125 Å². The number of ketones is 1. The molecule has 2 aliphatic carbocycles. The Bertz CT molecular complexity index is 1510. The largest absolute Gasteiger partial charge is 0.508 e. The zero-order valence-corrected chi connectivity index (χ0v) is 29.9. The number of rotatable bonds is 15. The molecule has 0 radical (unpaired) electrons. The van der Waals surface area contributed by atoms with E-state index >= 15 is 0 Å². The number of aryl methyl sites for hydroxylation is 1. The zero-order valence-electron chi connectivity index (χ0n) is 29.9. The molecule has 0 bridgehead atoms. The molecule has 2 aromatic rings. The number of benzene rings is 2. The second-order valence-electron chi connectivity index (χ2n) is 14.2. The average molecular weight is 672 g/mol. The van der Waals surface area contributed by atoms with Crippen LogP contribution in [0.4, 0.5) is 0 Å². The van der Waals surface area contributed by atoms with Crippen LogP contribution in [0.2, 0.25) is 0 Å².